The summed E-state index contributed by atoms with van der Waals surface area (Å²) in [6.45, 7) is 4.88. The topological polar surface area (TPSA) is 40.8 Å². The second-order valence-corrected chi connectivity index (χ2v) is 4.61. The molecule has 0 radical (unpaired) electrons. The lowest BCUT2D eigenvalue weighted by Crippen LogP contribution is -2.15. The molecule has 0 spiro atoms. The van der Waals surface area contributed by atoms with E-state index >= 15 is 0 Å². The van der Waals surface area contributed by atoms with E-state index in [1.165, 1.54) is 5.69 Å². The summed E-state index contributed by atoms with van der Waals surface area (Å²) >= 11 is 0. The molecule has 1 N–H and O–H groups in total. The Kier molecular flexibility index (Phi) is 4.77. The van der Waals surface area contributed by atoms with Gasteiger partial charge in [-0.3, -0.25) is 0 Å². The first-order chi connectivity index (χ1) is 9.33. The first-order valence-corrected chi connectivity index (χ1v) is 6.67. The standard InChI is InChI=1S/C16H19N3/c1-2-8-19-9-4-7-16(19)13-18-12-15-6-3-5-14(10-15)11-17/h3-7,9-10,18H,2,8,12-13H2,1H3. The molecule has 19 heavy (non-hydrogen) atoms. The molecule has 2 rings (SSSR count). The van der Waals surface area contributed by atoms with Gasteiger partial charge in [0.2, 0.25) is 0 Å². The largest absolute Gasteiger partial charge is 0.350 e. The Bertz CT molecular complexity index is 563. The fraction of sp³-hybridized carbons (Fsp3) is 0.312. The monoisotopic (exact) mass is 253 g/mol. The fourth-order valence-corrected chi connectivity index (χ4v) is 2.15. The maximum Gasteiger partial charge on any atom is 0.0991 e. The Hall–Kier alpha value is -2.05. The molecule has 0 aliphatic rings. The van der Waals surface area contributed by atoms with Crippen molar-refractivity contribution in [2.45, 2.75) is 33.0 Å². The van der Waals surface area contributed by atoms with Crippen molar-refractivity contribution in [1.82, 2.24) is 9.88 Å². The van der Waals surface area contributed by atoms with Crippen molar-refractivity contribution in [2.75, 3.05) is 0 Å². The van der Waals surface area contributed by atoms with E-state index in [1.54, 1.807) is 0 Å². The molecule has 0 aliphatic heterocycles. The van der Waals surface area contributed by atoms with Crippen molar-refractivity contribution in [3.63, 3.8) is 0 Å². The normalized spacial score (nSPS) is 10.3. The van der Waals surface area contributed by atoms with Gasteiger partial charge >= 0.3 is 0 Å². The third kappa shape index (κ3) is 3.70. The fourth-order valence-electron chi connectivity index (χ4n) is 2.15. The maximum atomic E-state index is 8.86. The first-order valence-electron chi connectivity index (χ1n) is 6.67. The molecule has 98 valence electrons. The van der Waals surface area contributed by atoms with Gasteiger partial charge in [0.05, 0.1) is 11.6 Å². The second kappa shape index (κ2) is 6.77. The summed E-state index contributed by atoms with van der Waals surface area (Å²) in [6.07, 6.45) is 3.27. The minimum absolute atomic E-state index is 0.716. The van der Waals surface area contributed by atoms with Gasteiger partial charge < -0.3 is 9.88 Å². The highest BCUT2D eigenvalue weighted by atomic mass is 15.0. The molecule has 0 bridgehead atoms. The number of aryl methyl sites for hydroxylation is 1. The van der Waals surface area contributed by atoms with Gasteiger partial charge in [0.1, 0.15) is 0 Å². The SMILES string of the molecule is CCCn1cccc1CNCc1cccc(C#N)c1. The summed E-state index contributed by atoms with van der Waals surface area (Å²) in [4.78, 5) is 0. The van der Waals surface area contributed by atoms with Gasteiger partial charge in [-0.05, 0) is 36.2 Å². The van der Waals surface area contributed by atoms with E-state index in [-0.39, 0.29) is 0 Å². The summed E-state index contributed by atoms with van der Waals surface area (Å²) < 4.78 is 2.28. The quantitative estimate of drug-likeness (QED) is 0.859. The van der Waals surface area contributed by atoms with Crippen molar-refractivity contribution in [1.29, 1.82) is 5.26 Å². The molecule has 0 aliphatic carbocycles. The van der Waals surface area contributed by atoms with Crippen molar-refractivity contribution in [3.05, 3.63) is 59.4 Å². The predicted octanol–water partition coefficient (Wildman–Crippen LogP) is 3.06. The predicted molar refractivity (Wildman–Crippen MR) is 76.4 cm³/mol. The van der Waals surface area contributed by atoms with Gasteiger partial charge in [-0.15, -0.1) is 0 Å². The average Bonchev–Trinajstić information content (AvgIpc) is 2.87. The lowest BCUT2D eigenvalue weighted by molar-refractivity contribution is 0.602. The highest BCUT2D eigenvalue weighted by Crippen LogP contribution is 2.06. The van der Waals surface area contributed by atoms with E-state index in [4.69, 9.17) is 5.26 Å². The number of nitrogens with one attached hydrogen (secondary N) is 1. The van der Waals surface area contributed by atoms with Crippen LogP contribution in [-0.4, -0.2) is 4.57 Å². The van der Waals surface area contributed by atoms with Gasteiger partial charge in [0, 0.05) is 31.5 Å². The number of benzene rings is 1. The third-order valence-corrected chi connectivity index (χ3v) is 3.08. The molecular formula is C16H19N3. The number of nitrogens with zero attached hydrogens (tertiary/aromatic N) is 2. The number of hydrogen-bond acceptors (Lipinski definition) is 2. The summed E-state index contributed by atoms with van der Waals surface area (Å²) in [7, 11) is 0. The second-order valence-electron chi connectivity index (χ2n) is 4.61. The van der Waals surface area contributed by atoms with E-state index in [0.717, 1.165) is 31.6 Å². The highest BCUT2D eigenvalue weighted by Gasteiger charge is 2.00. The molecule has 0 fully saturated rings. The Labute approximate surface area is 114 Å². The van der Waals surface area contributed by atoms with E-state index in [0.29, 0.717) is 5.56 Å². The summed E-state index contributed by atoms with van der Waals surface area (Å²) in [5, 5.41) is 12.3. The van der Waals surface area contributed by atoms with Crippen molar-refractivity contribution >= 4 is 0 Å². The molecule has 0 amide bonds. The molecule has 0 atom stereocenters. The van der Waals surface area contributed by atoms with Gasteiger partial charge in [-0.1, -0.05) is 19.1 Å². The maximum absolute atomic E-state index is 8.86. The smallest absolute Gasteiger partial charge is 0.0991 e. The minimum Gasteiger partial charge on any atom is -0.350 e. The van der Waals surface area contributed by atoms with Crippen LogP contribution in [0.2, 0.25) is 0 Å². The van der Waals surface area contributed by atoms with E-state index < -0.39 is 0 Å². The Morgan fingerprint density at radius 3 is 2.89 bits per heavy atom. The lowest BCUT2D eigenvalue weighted by atomic mass is 10.1. The first kappa shape index (κ1) is 13.4. The molecular weight excluding hydrogens is 234 g/mol. The van der Waals surface area contributed by atoms with Crippen LogP contribution < -0.4 is 5.32 Å². The Morgan fingerprint density at radius 1 is 1.21 bits per heavy atom. The molecule has 0 unspecified atom stereocenters. The van der Waals surface area contributed by atoms with E-state index in [9.17, 15) is 0 Å². The molecule has 1 heterocycles. The number of hydrogen-bond donors (Lipinski definition) is 1. The Balaban J connectivity index is 1.89. The van der Waals surface area contributed by atoms with Gasteiger partial charge in [-0.2, -0.15) is 5.26 Å². The molecule has 2 aromatic rings. The molecule has 1 aromatic carbocycles. The van der Waals surface area contributed by atoms with Crippen LogP contribution in [0.3, 0.4) is 0 Å². The number of aromatic nitrogens is 1. The van der Waals surface area contributed by atoms with Crippen LogP contribution >= 0.6 is 0 Å². The zero-order chi connectivity index (χ0) is 13.5. The van der Waals surface area contributed by atoms with Crippen LogP contribution in [0.15, 0.2) is 42.6 Å². The highest BCUT2D eigenvalue weighted by molar-refractivity contribution is 5.32. The zero-order valence-corrected chi connectivity index (χ0v) is 11.3. The van der Waals surface area contributed by atoms with Crippen molar-refractivity contribution in [3.8, 4) is 6.07 Å². The van der Waals surface area contributed by atoms with E-state index in [1.807, 2.05) is 24.3 Å². The van der Waals surface area contributed by atoms with Crippen LogP contribution in [0.1, 0.15) is 30.2 Å². The number of nitriles is 1. The third-order valence-electron chi connectivity index (χ3n) is 3.08. The molecule has 1 aromatic heterocycles. The molecule has 3 nitrogen and oxygen atoms in total. The Morgan fingerprint density at radius 2 is 2.11 bits per heavy atom. The average molecular weight is 253 g/mol. The van der Waals surface area contributed by atoms with Gasteiger partial charge in [0.25, 0.3) is 0 Å². The molecule has 0 saturated heterocycles. The van der Waals surface area contributed by atoms with Gasteiger partial charge in [-0.25, -0.2) is 0 Å². The molecule has 3 heteroatoms. The van der Waals surface area contributed by atoms with Crippen molar-refractivity contribution < 1.29 is 0 Å². The lowest BCUT2D eigenvalue weighted by Gasteiger charge is -2.09. The van der Waals surface area contributed by atoms with Crippen LogP contribution in [0, 0.1) is 11.3 Å². The van der Waals surface area contributed by atoms with Crippen molar-refractivity contribution in [2.24, 2.45) is 0 Å². The minimum atomic E-state index is 0.716. The summed E-state index contributed by atoms with van der Waals surface area (Å²) in [5.41, 5.74) is 3.17. The number of rotatable bonds is 6. The summed E-state index contributed by atoms with van der Waals surface area (Å²) in [5.74, 6) is 0. The van der Waals surface area contributed by atoms with Crippen LogP contribution in [0.5, 0.6) is 0 Å². The van der Waals surface area contributed by atoms with Gasteiger partial charge in [0.15, 0.2) is 0 Å². The van der Waals surface area contributed by atoms with Crippen LogP contribution in [0.4, 0.5) is 0 Å². The van der Waals surface area contributed by atoms with Crippen LogP contribution in [0.25, 0.3) is 0 Å². The van der Waals surface area contributed by atoms with Crippen LogP contribution in [-0.2, 0) is 19.6 Å². The summed E-state index contributed by atoms with van der Waals surface area (Å²) in [6, 6.07) is 14.1. The molecule has 0 saturated carbocycles. The zero-order valence-electron chi connectivity index (χ0n) is 11.3. The van der Waals surface area contributed by atoms with E-state index in [2.05, 4.69) is 41.2 Å².